The second-order valence-electron chi connectivity index (χ2n) is 11.9. The minimum Gasteiger partial charge on any atom is -0.480 e. The van der Waals surface area contributed by atoms with Gasteiger partial charge in [-0.25, -0.2) is 41.3 Å². The molecule has 4 aromatic carbocycles. The molecule has 0 saturated heterocycles. The van der Waals surface area contributed by atoms with E-state index in [1.807, 2.05) is 11.6 Å². The summed E-state index contributed by atoms with van der Waals surface area (Å²) in [5.41, 5.74) is -0.454. The van der Waals surface area contributed by atoms with Gasteiger partial charge in [-0.2, -0.15) is 0 Å². The van der Waals surface area contributed by atoms with Crippen LogP contribution in [0.5, 0.6) is 0 Å². The zero-order valence-electron chi connectivity index (χ0n) is 28.1. The number of halogens is 2. The number of aryl methyl sites for hydroxylation is 2. The minimum atomic E-state index is -4.40. The van der Waals surface area contributed by atoms with Gasteiger partial charge in [0.05, 0.1) is 32.7 Å². The maximum absolute atomic E-state index is 15.2. The summed E-state index contributed by atoms with van der Waals surface area (Å²) in [6.45, 7) is 1.91. The maximum Gasteiger partial charge on any atom is 0.335 e. The molecule has 0 radical (unpaired) electrons. The summed E-state index contributed by atoms with van der Waals surface area (Å²) in [6.07, 6.45) is 3.55. The number of fused-ring (bicyclic) bond motifs is 1. The molecule has 0 spiro atoms. The molecule has 6 rings (SSSR count). The van der Waals surface area contributed by atoms with E-state index in [9.17, 15) is 32.7 Å². The van der Waals surface area contributed by atoms with Crippen molar-refractivity contribution < 1.29 is 31.9 Å². The van der Waals surface area contributed by atoms with Crippen molar-refractivity contribution in [3.05, 3.63) is 147 Å². The fourth-order valence-electron chi connectivity index (χ4n) is 5.60. The van der Waals surface area contributed by atoms with Crippen LogP contribution in [0.1, 0.15) is 28.7 Å². The molecule has 3 N–H and O–H groups in total. The van der Waals surface area contributed by atoms with Gasteiger partial charge in [-0.05, 0) is 53.6 Å². The zero-order valence-corrected chi connectivity index (χ0v) is 28.9. The monoisotopic (exact) mass is 740 g/mol. The highest BCUT2D eigenvalue weighted by Crippen LogP contribution is 2.25. The topological polar surface area (TPSA) is 182 Å². The van der Waals surface area contributed by atoms with E-state index < -0.39 is 62.1 Å². The van der Waals surface area contributed by atoms with E-state index in [1.54, 1.807) is 36.7 Å². The summed E-state index contributed by atoms with van der Waals surface area (Å²) in [4.78, 5) is 59.3. The molecule has 1 atom stereocenters. The number of carbonyl (C=O) groups excluding carboxylic acids is 1. The van der Waals surface area contributed by atoms with Crippen LogP contribution in [0.25, 0.3) is 27.7 Å². The lowest BCUT2D eigenvalue weighted by Crippen LogP contribution is -2.42. The number of amides is 1. The summed E-state index contributed by atoms with van der Waals surface area (Å²) < 4.78 is 60.6. The Morgan fingerprint density at radius 2 is 1.55 bits per heavy atom. The first-order valence-electron chi connectivity index (χ1n) is 16.0. The molecule has 0 fully saturated rings. The number of benzene rings is 4. The van der Waals surface area contributed by atoms with Crippen molar-refractivity contribution in [2.75, 3.05) is 4.72 Å². The fourth-order valence-corrected chi connectivity index (χ4v) is 6.66. The Bertz CT molecular complexity index is 2610. The number of nitrogens with zero attached hydrogens (tertiary/aromatic N) is 4. The Hall–Kier alpha value is -6.55. The number of carboxylic acid groups (broad SMARTS) is 1. The number of para-hydroxylation sites is 1. The van der Waals surface area contributed by atoms with E-state index >= 15 is 8.78 Å². The first kappa shape index (κ1) is 36.2. The van der Waals surface area contributed by atoms with Gasteiger partial charge in [0.1, 0.15) is 23.5 Å². The molecule has 53 heavy (non-hydrogen) atoms. The molecular formula is C37H30F2N6O7S. The highest BCUT2D eigenvalue weighted by atomic mass is 32.2. The number of nitrogens with one attached hydrogen (secondary N) is 2. The van der Waals surface area contributed by atoms with Crippen LogP contribution in [0.2, 0.25) is 0 Å². The van der Waals surface area contributed by atoms with Gasteiger partial charge >= 0.3 is 11.7 Å². The van der Waals surface area contributed by atoms with Crippen LogP contribution in [-0.4, -0.2) is 50.5 Å². The highest BCUT2D eigenvalue weighted by Gasteiger charge is 2.26. The molecule has 0 bridgehead atoms. The SMILES string of the molecule is CCc1ncc(-c2ccc(S(=O)(=O)Nc3cc(F)c(C(=O)N[C@@H](Cc4ccc(-n5c(=O)c6ccccc6n(C)c5=O)cc4)C(=O)O)cc3F)cc2)cn1. The second kappa shape index (κ2) is 14.6. The quantitative estimate of drug-likeness (QED) is 0.175. The number of carbonyl (C=O) groups is 2. The summed E-state index contributed by atoms with van der Waals surface area (Å²) in [5, 5.41) is 12.3. The lowest BCUT2D eigenvalue weighted by molar-refractivity contribution is -0.139. The first-order valence-corrected chi connectivity index (χ1v) is 17.5. The maximum atomic E-state index is 15.2. The Balaban J connectivity index is 1.15. The van der Waals surface area contributed by atoms with Crippen LogP contribution in [-0.2, 0) is 34.7 Å². The van der Waals surface area contributed by atoms with E-state index in [0.29, 0.717) is 52.0 Å². The van der Waals surface area contributed by atoms with Gasteiger partial charge < -0.3 is 10.4 Å². The molecule has 0 aliphatic carbocycles. The van der Waals surface area contributed by atoms with Crippen molar-refractivity contribution in [2.45, 2.75) is 30.7 Å². The molecule has 0 aliphatic rings. The number of rotatable bonds is 11. The molecule has 270 valence electrons. The molecule has 1 amide bonds. The van der Waals surface area contributed by atoms with Crippen LogP contribution >= 0.6 is 0 Å². The molecule has 6 aromatic rings. The van der Waals surface area contributed by atoms with Gasteiger partial charge in [0.2, 0.25) is 0 Å². The third-order valence-electron chi connectivity index (χ3n) is 8.48. The number of hydrogen-bond acceptors (Lipinski definition) is 8. The van der Waals surface area contributed by atoms with E-state index in [1.165, 1.54) is 60.1 Å². The lowest BCUT2D eigenvalue weighted by Gasteiger charge is -2.16. The second-order valence-corrected chi connectivity index (χ2v) is 13.6. The van der Waals surface area contributed by atoms with Gasteiger partial charge in [-0.15, -0.1) is 0 Å². The van der Waals surface area contributed by atoms with Crippen molar-refractivity contribution in [1.29, 1.82) is 0 Å². The average Bonchev–Trinajstić information content (AvgIpc) is 3.15. The predicted octanol–water partition coefficient (Wildman–Crippen LogP) is 4.21. The Morgan fingerprint density at radius 1 is 0.887 bits per heavy atom. The van der Waals surface area contributed by atoms with Gasteiger partial charge in [0.25, 0.3) is 21.5 Å². The summed E-state index contributed by atoms with van der Waals surface area (Å²) in [5.74, 6) is -4.71. The number of hydrogen-bond donors (Lipinski definition) is 3. The standard InChI is InChI=1S/C37H30F2N6O7S/c1-3-33-40-19-23(20-41-33)22-10-14-25(15-11-22)53(51,52)43-30-18-28(38)27(17-29(30)39)34(46)42-31(36(48)49)16-21-8-12-24(13-9-21)45-35(47)26-6-4-5-7-32(26)44(2)37(45)50/h4-15,17-20,31,43H,3,16H2,1-2H3,(H,42,46)(H,48,49)/t31-/m0/s1. The third kappa shape index (κ3) is 7.43. The van der Waals surface area contributed by atoms with E-state index in [-0.39, 0.29) is 17.0 Å². The molecule has 13 nitrogen and oxygen atoms in total. The molecular weight excluding hydrogens is 711 g/mol. The van der Waals surface area contributed by atoms with E-state index in [4.69, 9.17) is 0 Å². The average molecular weight is 741 g/mol. The van der Waals surface area contributed by atoms with Crippen LogP contribution in [0, 0.1) is 11.6 Å². The molecule has 0 unspecified atom stereocenters. The Kier molecular flexibility index (Phi) is 9.98. The fraction of sp³-hybridized carbons (Fsp3) is 0.135. The van der Waals surface area contributed by atoms with Crippen molar-refractivity contribution in [2.24, 2.45) is 7.05 Å². The van der Waals surface area contributed by atoms with Crippen molar-refractivity contribution in [3.8, 4) is 16.8 Å². The summed E-state index contributed by atoms with van der Waals surface area (Å²) in [6, 6.07) is 17.3. The van der Waals surface area contributed by atoms with E-state index in [2.05, 4.69) is 15.3 Å². The van der Waals surface area contributed by atoms with Crippen molar-refractivity contribution in [1.82, 2.24) is 24.4 Å². The van der Waals surface area contributed by atoms with Gasteiger partial charge in [0.15, 0.2) is 0 Å². The Morgan fingerprint density at radius 3 is 2.19 bits per heavy atom. The summed E-state index contributed by atoms with van der Waals surface area (Å²) in [7, 11) is -2.87. The van der Waals surface area contributed by atoms with Crippen LogP contribution in [0.3, 0.4) is 0 Å². The number of aromatic nitrogens is 4. The predicted molar refractivity (Wildman–Crippen MR) is 191 cm³/mol. The minimum absolute atomic E-state index is 0.221. The highest BCUT2D eigenvalue weighted by molar-refractivity contribution is 7.92. The lowest BCUT2D eigenvalue weighted by atomic mass is 10.0. The molecule has 2 aromatic heterocycles. The van der Waals surface area contributed by atoms with Gasteiger partial charge in [-0.1, -0.05) is 43.3 Å². The van der Waals surface area contributed by atoms with Crippen molar-refractivity contribution >= 4 is 38.5 Å². The number of anilines is 1. The number of aliphatic carboxylic acids is 1. The van der Waals surface area contributed by atoms with Crippen LogP contribution in [0.4, 0.5) is 14.5 Å². The molecule has 0 saturated carbocycles. The van der Waals surface area contributed by atoms with Gasteiger partial charge in [0, 0.05) is 43.9 Å². The van der Waals surface area contributed by atoms with Gasteiger partial charge in [-0.3, -0.25) is 18.9 Å². The zero-order chi connectivity index (χ0) is 38.0. The molecule has 16 heteroatoms. The Labute approximate surface area is 300 Å². The van der Waals surface area contributed by atoms with Crippen LogP contribution in [0.15, 0.2) is 112 Å². The normalized spacial score (nSPS) is 12.0. The number of carboxylic acids is 1. The van der Waals surface area contributed by atoms with Crippen molar-refractivity contribution in [3.63, 3.8) is 0 Å². The number of sulfonamides is 1. The third-order valence-corrected chi connectivity index (χ3v) is 9.86. The first-order chi connectivity index (χ1) is 25.3. The smallest absolute Gasteiger partial charge is 0.335 e. The molecule has 0 aliphatic heterocycles. The van der Waals surface area contributed by atoms with Crippen LogP contribution < -0.4 is 21.3 Å². The summed E-state index contributed by atoms with van der Waals surface area (Å²) >= 11 is 0. The van der Waals surface area contributed by atoms with E-state index in [0.717, 1.165) is 4.57 Å². The largest absolute Gasteiger partial charge is 0.480 e. The molecule has 2 heterocycles.